The molecule has 0 saturated carbocycles. The van der Waals surface area contributed by atoms with Gasteiger partial charge < -0.3 is 10.1 Å². The Balaban J connectivity index is 1.98. The Morgan fingerprint density at radius 1 is 1.00 bits per heavy atom. The maximum Gasteiger partial charge on any atom is 0.131 e. The van der Waals surface area contributed by atoms with Gasteiger partial charge >= 0.3 is 0 Å². The second-order valence-corrected chi connectivity index (χ2v) is 5.10. The van der Waals surface area contributed by atoms with Crippen LogP contribution in [0.3, 0.4) is 0 Å². The molecule has 0 heterocycles. The number of ether oxygens (including phenoxy) is 1. The molecule has 0 aromatic heterocycles. The monoisotopic (exact) mass is 291 g/mol. The van der Waals surface area contributed by atoms with Crippen LogP contribution in [0.4, 0.5) is 8.78 Å². The van der Waals surface area contributed by atoms with Gasteiger partial charge in [-0.1, -0.05) is 18.2 Å². The van der Waals surface area contributed by atoms with Gasteiger partial charge in [0.05, 0.1) is 7.11 Å². The highest BCUT2D eigenvalue weighted by Gasteiger charge is 2.06. The van der Waals surface area contributed by atoms with E-state index in [1.54, 1.807) is 38.1 Å². The number of aryl methyl sites for hydroxylation is 2. The fourth-order valence-electron chi connectivity index (χ4n) is 2.28. The van der Waals surface area contributed by atoms with E-state index in [0.29, 0.717) is 35.5 Å². The van der Waals surface area contributed by atoms with Crippen molar-refractivity contribution in [2.75, 3.05) is 7.11 Å². The third kappa shape index (κ3) is 3.79. The molecule has 2 aromatic rings. The Kier molecular flexibility index (Phi) is 4.91. The fourth-order valence-corrected chi connectivity index (χ4v) is 2.28. The summed E-state index contributed by atoms with van der Waals surface area (Å²) < 4.78 is 32.3. The second-order valence-electron chi connectivity index (χ2n) is 5.10. The van der Waals surface area contributed by atoms with Crippen LogP contribution in [0.2, 0.25) is 0 Å². The average molecular weight is 291 g/mol. The van der Waals surface area contributed by atoms with Gasteiger partial charge in [0.1, 0.15) is 17.4 Å². The van der Waals surface area contributed by atoms with Crippen molar-refractivity contribution in [3.8, 4) is 5.75 Å². The summed E-state index contributed by atoms with van der Waals surface area (Å²) in [5.41, 5.74) is 2.82. The van der Waals surface area contributed by atoms with E-state index in [2.05, 4.69) is 5.32 Å². The number of rotatable bonds is 5. The molecule has 0 saturated heterocycles. The van der Waals surface area contributed by atoms with Crippen LogP contribution in [0.1, 0.15) is 22.3 Å². The number of methoxy groups -OCH3 is 1. The van der Waals surface area contributed by atoms with Gasteiger partial charge in [-0.25, -0.2) is 8.78 Å². The highest BCUT2D eigenvalue weighted by atomic mass is 19.1. The third-order valence-corrected chi connectivity index (χ3v) is 3.40. The minimum atomic E-state index is -0.298. The molecule has 0 aliphatic rings. The van der Waals surface area contributed by atoms with Gasteiger partial charge in [0, 0.05) is 24.7 Å². The molecule has 0 radical (unpaired) electrons. The number of nitrogens with one attached hydrogen (secondary N) is 1. The molecule has 0 aliphatic carbocycles. The molecule has 2 nitrogen and oxygen atoms in total. The minimum absolute atomic E-state index is 0.167. The van der Waals surface area contributed by atoms with Crippen LogP contribution in [0.25, 0.3) is 0 Å². The Hall–Kier alpha value is -1.94. The van der Waals surface area contributed by atoms with E-state index in [1.807, 2.05) is 0 Å². The molecule has 1 N–H and O–H groups in total. The van der Waals surface area contributed by atoms with E-state index in [-0.39, 0.29) is 11.6 Å². The highest BCUT2D eigenvalue weighted by molar-refractivity contribution is 5.31. The molecule has 0 spiro atoms. The fraction of sp³-hybridized carbons (Fsp3) is 0.294. The number of hydrogen-bond donors (Lipinski definition) is 1. The summed E-state index contributed by atoms with van der Waals surface area (Å²) in [6.07, 6.45) is 0. The SMILES string of the molecule is COc1ccc(CNCc2cc(C)c(F)c(C)c2)c(F)c1. The first-order valence-electron chi connectivity index (χ1n) is 6.80. The molecule has 2 aromatic carbocycles. The van der Waals surface area contributed by atoms with E-state index in [0.717, 1.165) is 5.56 Å². The van der Waals surface area contributed by atoms with Crippen LogP contribution >= 0.6 is 0 Å². The predicted molar refractivity (Wildman–Crippen MR) is 79.4 cm³/mol. The van der Waals surface area contributed by atoms with Crippen molar-refractivity contribution in [3.05, 3.63) is 64.2 Å². The molecule has 0 bridgehead atoms. The topological polar surface area (TPSA) is 21.3 Å². The van der Waals surface area contributed by atoms with Crippen molar-refractivity contribution in [2.24, 2.45) is 0 Å². The van der Waals surface area contributed by atoms with E-state index in [4.69, 9.17) is 4.74 Å². The average Bonchev–Trinajstić information content (AvgIpc) is 2.46. The van der Waals surface area contributed by atoms with Crippen LogP contribution in [-0.2, 0) is 13.1 Å². The lowest BCUT2D eigenvalue weighted by atomic mass is 10.1. The molecule has 112 valence electrons. The maximum absolute atomic E-state index is 13.8. The highest BCUT2D eigenvalue weighted by Crippen LogP contribution is 2.17. The summed E-state index contributed by atoms with van der Waals surface area (Å²) >= 11 is 0. The Bertz CT molecular complexity index is 618. The summed E-state index contributed by atoms with van der Waals surface area (Å²) in [5, 5.41) is 3.17. The van der Waals surface area contributed by atoms with E-state index in [1.165, 1.54) is 13.2 Å². The van der Waals surface area contributed by atoms with Crippen LogP contribution in [-0.4, -0.2) is 7.11 Å². The first-order valence-corrected chi connectivity index (χ1v) is 6.80. The first kappa shape index (κ1) is 15.4. The lowest BCUT2D eigenvalue weighted by Crippen LogP contribution is -2.14. The van der Waals surface area contributed by atoms with Crippen molar-refractivity contribution in [2.45, 2.75) is 26.9 Å². The molecule has 0 fully saturated rings. The molecular weight excluding hydrogens is 272 g/mol. The summed E-state index contributed by atoms with van der Waals surface area (Å²) in [6.45, 7) is 4.46. The van der Waals surface area contributed by atoms with E-state index in [9.17, 15) is 8.78 Å². The van der Waals surface area contributed by atoms with Crippen LogP contribution in [0.5, 0.6) is 5.75 Å². The summed E-state index contributed by atoms with van der Waals surface area (Å²) in [4.78, 5) is 0. The van der Waals surface area contributed by atoms with Gasteiger partial charge in [-0.05, 0) is 36.6 Å². The molecule has 0 aliphatic heterocycles. The Morgan fingerprint density at radius 2 is 1.67 bits per heavy atom. The minimum Gasteiger partial charge on any atom is -0.497 e. The third-order valence-electron chi connectivity index (χ3n) is 3.40. The summed E-state index contributed by atoms with van der Waals surface area (Å²) in [6, 6.07) is 8.40. The molecular formula is C17H19F2NO. The quantitative estimate of drug-likeness (QED) is 0.902. The van der Waals surface area contributed by atoms with Crippen LogP contribution < -0.4 is 10.1 Å². The standard InChI is InChI=1S/C17H19F2NO/c1-11-6-13(7-12(2)17(11)19)9-20-10-14-4-5-15(21-3)8-16(14)18/h4-8,20H,9-10H2,1-3H3. The largest absolute Gasteiger partial charge is 0.497 e. The second kappa shape index (κ2) is 6.68. The van der Waals surface area contributed by atoms with Crippen LogP contribution in [0.15, 0.2) is 30.3 Å². The summed E-state index contributed by atoms with van der Waals surface area (Å²) in [5.74, 6) is 0.0364. The van der Waals surface area contributed by atoms with Gasteiger partial charge in [-0.15, -0.1) is 0 Å². The molecule has 2 rings (SSSR count). The zero-order chi connectivity index (χ0) is 15.4. The van der Waals surface area contributed by atoms with Gasteiger partial charge in [0.2, 0.25) is 0 Å². The van der Waals surface area contributed by atoms with Crippen LogP contribution in [0, 0.1) is 25.5 Å². The van der Waals surface area contributed by atoms with Crippen molar-refractivity contribution < 1.29 is 13.5 Å². The van der Waals surface area contributed by atoms with E-state index < -0.39 is 0 Å². The maximum atomic E-state index is 13.8. The zero-order valence-corrected chi connectivity index (χ0v) is 12.5. The molecule has 0 unspecified atom stereocenters. The van der Waals surface area contributed by atoms with Crippen molar-refractivity contribution >= 4 is 0 Å². The predicted octanol–water partition coefficient (Wildman–Crippen LogP) is 3.88. The molecule has 21 heavy (non-hydrogen) atoms. The Morgan fingerprint density at radius 3 is 2.24 bits per heavy atom. The number of halogens is 2. The number of hydrogen-bond acceptors (Lipinski definition) is 2. The zero-order valence-electron chi connectivity index (χ0n) is 12.5. The normalized spacial score (nSPS) is 10.7. The molecule has 0 atom stereocenters. The lowest BCUT2D eigenvalue weighted by Gasteiger charge is -2.10. The van der Waals surface area contributed by atoms with Crippen molar-refractivity contribution in [1.29, 1.82) is 0 Å². The van der Waals surface area contributed by atoms with Gasteiger partial charge in [-0.2, -0.15) is 0 Å². The van der Waals surface area contributed by atoms with Crippen molar-refractivity contribution in [3.63, 3.8) is 0 Å². The van der Waals surface area contributed by atoms with Gasteiger partial charge in [0.25, 0.3) is 0 Å². The lowest BCUT2D eigenvalue weighted by molar-refractivity contribution is 0.410. The first-order chi connectivity index (χ1) is 10.0. The smallest absolute Gasteiger partial charge is 0.131 e. The molecule has 4 heteroatoms. The number of benzene rings is 2. The van der Waals surface area contributed by atoms with Crippen molar-refractivity contribution in [1.82, 2.24) is 5.32 Å². The molecule has 0 amide bonds. The van der Waals surface area contributed by atoms with Gasteiger partial charge in [0.15, 0.2) is 0 Å². The summed E-state index contributed by atoms with van der Waals surface area (Å²) in [7, 11) is 1.51. The Labute approximate surface area is 123 Å². The van der Waals surface area contributed by atoms with Gasteiger partial charge in [-0.3, -0.25) is 0 Å². The van der Waals surface area contributed by atoms with E-state index >= 15 is 0 Å².